The molecule has 6 rings (SSSR count). The molecule has 1 N–H and O–H groups in total. The third-order valence-electron chi connectivity index (χ3n) is 6.78. The fourth-order valence-corrected chi connectivity index (χ4v) is 5.00. The Hall–Kier alpha value is -3.55. The minimum Gasteiger partial charge on any atom is -0.393 e. The third-order valence-corrected chi connectivity index (χ3v) is 6.78. The van der Waals surface area contributed by atoms with Crippen molar-refractivity contribution in [3.63, 3.8) is 0 Å². The first-order valence-corrected chi connectivity index (χ1v) is 11.7. The van der Waals surface area contributed by atoms with E-state index in [1.165, 1.54) is 0 Å². The summed E-state index contributed by atoms with van der Waals surface area (Å²) in [5, 5.41) is 24.4. The summed E-state index contributed by atoms with van der Waals surface area (Å²) in [6.07, 6.45) is 5.11. The van der Waals surface area contributed by atoms with Crippen LogP contribution in [-0.2, 0) is 11.2 Å². The second-order valence-corrected chi connectivity index (χ2v) is 8.97. The average molecular weight is 460 g/mol. The number of nitriles is 1. The molecular formula is C24H25N7O3. The van der Waals surface area contributed by atoms with Crippen molar-refractivity contribution in [3.8, 4) is 6.07 Å². The maximum Gasteiger partial charge on any atom is 0.324 e. The normalized spacial score (nSPS) is 18.1. The smallest absolute Gasteiger partial charge is 0.324 e. The van der Waals surface area contributed by atoms with Crippen molar-refractivity contribution in [3.05, 3.63) is 41.6 Å². The molecule has 10 heteroatoms. The zero-order valence-electron chi connectivity index (χ0n) is 18.7. The molecule has 0 saturated carbocycles. The van der Waals surface area contributed by atoms with Crippen molar-refractivity contribution in [2.24, 2.45) is 0 Å². The first-order valence-electron chi connectivity index (χ1n) is 11.7. The van der Waals surface area contributed by atoms with Crippen LogP contribution >= 0.6 is 0 Å². The molecule has 34 heavy (non-hydrogen) atoms. The highest BCUT2D eigenvalue weighted by Crippen LogP contribution is 2.33. The zero-order valence-corrected chi connectivity index (χ0v) is 18.7. The first-order chi connectivity index (χ1) is 16.7. The van der Waals surface area contributed by atoms with Gasteiger partial charge in [-0.2, -0.15) is 10.2 Å². The standard InChI is InChI=1S/C24H25N7O3/c25-13-15-1-2-19-18(11-15)23-20(14-26-19)27-22(31(23)16-5-9-33-10-6-16)12-21-28-24(34-29-21)30-7-3-17(32)4-8-30/h1-2,11,14,16-17,32H,3-10,12H2. The van der Waals surface area contributed by atoms with Gasteiger partial charge in [0.15, 0.2) is 5.82 Å². The summed E-state index contributed by atoms with van der Waals surface area (Å²) < 4.78 is 13.4. The molecule has 0 spiro atoms. The molecule has 0 bridgehead atoms. The van der Waals surface area contributed by atoms with Gasteiger partial charge in [0, 0.05) is 37.7 Å². The van der Waals surface area contributed by atoms with Crippen LogP contribution in [0.1, 0.15) is 48.9 Å². The number of fused-ring (bicyclic) bond motifs is 3. The maximum atomic E-state index is 9.77. The monoisotopic (exact) mass is 459 g/mol. The number of piperidine rings is 1. The Bertz CT molecular complexity index is 1370. The number of imidazole rings is 1. The molecule has 0 unspecified atom stereocenters. The van der Waals surface area contributed by atoms with Crippen molar-refractivity contribution in [1.29, 1.82) is 5.26 Å². The number of hydrogen-bond acceptors (Lipinski definition) is 9. The Morgan fingerprint density at radius 2 is 1.91 bits per heavy atom. The zero-order chi connectivity index (χ0) is 23.1. The summed E-state index contributed by atoms with van der Waals surface area (Å²) in [5.41, 5.74) is 3.20. The number of aromatic nitrogens is 5. The number of aliphatic hydroxyl groups excluding tert-OH is 1. The number of ether oxygens (including phenoxy) is 1. The minimum atomic E-state index is -0.261. The molecule has 2 aliphatic rings. The topological polar surface area (TPSA) is 126 Å². The van der Waals surface area contributed by atoms with Crippen LogP contribution in [0.25, 0.3) is 21.9 Å². The number of pyridine rings is 1. The quantitative estimate of drug-likeness (QED) is 0.490. The molecule has 3 aromatic heterocycles. The largest absolute Gasteiger partial charge is 0.393 e. The van der Waals surface area contributed by atoms with E-state index in [-0.39, 0.29) is 12.1 Å². The molecule has 5 heterocycles. The Kier molecular flexibility index (Phi) is 5.36. The predicted molar refractivity (Wildman–Crippen MR) is 123 cm³/mol. The van der Waals surface area contributed by atoms with Crippen LogP contribution in [0.4, 0.5) is 6.01 Å². The second-order valence-electron chi connectivity index (χ2n) is 8.97. The van der Waals surface area contributed by atoms with Gasteiger partial charge in [0.1, 0.15) is 11.3 Å². The first kappa shape index (κ1) is 21.0. The Labute approximate surface area is 195 Å². The summed E-state index contributed by atoms with van der Waals surface area (Å²) in [4.78, 5) is 16.2. The Morgan fingerprint density at radius 1 is 1.09 bits per heavy atom. The summed E-state index contributed by atoms with van der Waals surface area (Å²) in [6, 6.07) is 8.51. The molecule has 4 aromatic rings. The number of benzene rings is 1. The van der Waals surface area contributed by atoms with Gasteiger partial charge in [0.2, 0.25) is 0 Å². The van der Waals surface area contributed by atoms with E-state index in [0.29, 0.717) is 63.0 Å². The van der Waals surface area contributed by atoms with Crippen LogP contribution < -0.4 is 4.90 Å². The van der Waals surface area contributed by atoms with E-state index < -0.39 is 0 Å². The van der Waals surface area contributed by atoms with Gasteiger partial charge in [-0.15, -0.1) is 0 Å². The van der Waals surface area contributed by atoms with Crippen LogP contribution in [0.2, 0.25) is 0 Å². The highest BCUT2D eigenvalue weighted by Gasteiger charge is 2.26. The van der Waals surface area contributed by atoms with Gasteiger partial charge in [-0.3, -0.25) is 4.98 Å². The minimum absolute atomic E-state index is 0.222. The molecule has 0 atom stereocenters. The van der Waals surface area contributed by atoms with Crippen LogP contribution in [0.3, 0.4) is 0 Å². The van der Waals surface area contributed by atoms with Gasteiger partial charge in [-0.05, 0) is 43.9 Å². The molecule has 10 nitrogen and oxygen atoms in total. The second kappa shape index (κ2) is 8.66. The highest BCUT2D eigenvalue weighted by atomic mass is 16.5. The lowest BCUT2D eigenvalue weighted by Crippen LogP contribution is -2.36. The number of anilines is 1. The number of rotatable bonds is 4. The van der Waals surface area contributed by atoms with Crippen molar-refractivity contribution in [2.45, 2.75) is 44.2 Å². The summed E-state index contributed by atoms with van der Waals surface area (Å²) >= 11 is 0. The summed E-state index contributed by atoms with van der Waals surface area (Å²) in [7, 11) is 0. The van der Waals surface area contributed by atoms with Gasteiger partial charge in [-0.1, -0.05) is 5.16 Å². The highest BCUT2D eigenvalue weighted by molar-refractivity contribution is 6.02. The molecule has 0 amide bonds. The van der Waals surface area contributed by atoms with Gasteiger partial charge in [0.25, 0.3) is 0 Å². The fraction of sp³-hybridized carbons (Fsp3) is 0.458. The van der Waals surface area contributed by atoms with E-state index in [9.17, 15) is 10.4 Å². The van der Waals surface area contributed by atoms with Gasteiger partial charge >= 0.3 is 6.01 Å². The number of nitrogens with zero attached hydrogens (tertiary/aromatic N) is 7. The fourth-order valence-electron chi connectivity index (χ4n) is 5.00. The van der Waals surface area contributed by atoms with E-state index in [2.05, 4.69) is 25.8 Å². The molecule has 2 fully saturated rings. The molecule has 1 aromatic carbocycles. The lowest BCUT2D eigenvalue weighted by Gasteiger charge is -2.27. The van der Waals surface area contributed by atoms with E-state index in [4.69, 9.17) is 14.2 Å². The van der Waals surface area contributed by atoms with Gasteiger partial charge in [-0.25, -0.2) is 4.98 Å². The van der Waals surface area contributed by atoms with Gasteiger partial charge in [0.05, 0.1) is 41.4 Å². The average Bonchev–Trinajstić information content (AvgIpc) is 3.49. The SMILES string of the molecule is N#Cc1ccc2ncc3nc(Cc4noc(N5CCC(O)CC5)n4)n(C4CCOCC4)c3c2c1. The van der Waals surface area contributed by atoms with Crippen molar-refractivity contribution < 1.29 is 14.4 Å². The Morgan fingerprint density at radius 3 is 2.71 bits per heavy atom. The van der Waals surface area contributed by atoms with E-state index in [1.54, 1.807) is 12.3 Å². The Balaban J connectivity index is 1.42. The lowest BCUT2D eigenvalue weighted by atomic mass is 10.1. The van der Waals surface area contributed by atoms with Crippen LogP contribution in [0.15, 0.2) is 28.9 Å². The summed E-state index contributed by atoms with van der Waals surface area (Å²) in [6.45, 7) is 2.79. The summed E-state index contributed by atoms with van der Waals surface area (Å²) in [5.74, 6) is 1.42. The molecule has 2 aliphatic heterocycles. The molecule has 2 saturated heterocycles. The van der Waals surface area contributed by atoms with E-state index >= 15 is 0 Å². The maximum absolute atomic E-state index is 9.77. The van der Waals surface area contributed by atoms with Crippen molar-refractivity contribution in [1.82, 2.24) is 24.7 Å². The van der Waals surface area contributed by atoms with E-state index in [1.807, 2.05) is 17.0 Å². The number of hydrogen-bond donors (Lipinski definition) is 1. The van der Waals surface area contributed by atoms with Crippen LogP contribution in [0, 0.1) is 11.3 Å². The van der Waals surface area contributed by atoms with Crippen molar-refractivity contribution in [2.75, 3.05) is 31.2 Å². The molecular weight excluding hydrogens is 434 g/mol. The molecule has 0 radical (unpaired) electrons. The van der Waals surface area contributed by atoms with Gasteiger partial charge < -0.3 is 23.8 Å². The molecule has 174 valence electrons. The van der Waals surface area contributed by atoms with Crippen LogP contribution in [-0.4, -0.2) is 62.2 Å². The van der Waals surface area contributed by atoms with Crippen LogP contribution in [0.5, 0.6) is 0 Å². The van der Waals surface area contributed by atoms with E-state index in [0.717, 1.165) is 40.6 Å². The predicted octanol–water partition coefficient (Wildman–Crippen LogP) is 2.74. The van der Waals surface area contributed by atoms with Crippen molar-refractivity contribution >= 4 is 28.0 Å². The number of aliphatic hydroxyl groups is 1. The lowest BCUT2D eigenvalue weighted by molar-refractivity contribution is 0.0700. The molecule has 0 aliphatic carbocycles. The third kappa shape index (κ3) is 3.77.